The molecule has 0 saturated heterocycles. The highest BCUT2D eigenvalue weighted by Gasteiger charge is 2.31. The molecule has 0 aromatic carbocycles. The van der Waals surface area contributed by atoms with Gasteiger partial charge in [0.2, 0.25) is 0 Å². The normalized spacial score (nSPS) is 15.6. The van der Waals surface area contributed by atoms with Crippen LogP contribution in [-0.2, 0) is 0 Å². The van der Waals surface area contributed by atoms with Crippen molar-refractivity contribution in [1.82, 2.24) is 14.6 Å². The molecule has 16 heavy (non-hydrogen) atoms. The van der Waals surface area contributed by atoms with Crippen molar-refractivity contribution in [3.63, 3.8) is 0 Å². The molecule has 0 unspecified atom stereocenters. The monoisotopic (exact) mass is 237 g/mol. The number of fused-ring (bicyclic) bond motifs is 1. The van der Waals surface area contributed by atoms with Crippen molar-refractivity contribution >= 4 is 23.2 Å². The van der Waals surface area contributed by atoms with Crippen LogP contribution >= 0.6 is 11.6 Å². The summed E-state index contributed by atoms with van der Waals surface area (Å²) in [6.45, 7) is 0. The lowest BCUT2D eigenvalue weighted by Crippen LogP contribution is -2.09. The molecule has 6 heteroatoms. The number of aromatic carboxylic acids is 1. The highest BCUT2D eigenvalue weighted by Crippen LogP contribution is 2.41. The number of carbonyl (C=O) groups is 1. The molecule has 5 nitrogen and oxygen atoms in total. The number of aromatic nitrogens is 3. The molecule has 0 amide bonds. The van der Waals surface area contributed by atoms with E-state index in [1.807, 2.05) is 0 Å². The molecular formula is C10H8ClN3O2. The first-order chi connectivity index (χ1) is 7.68. The van der Waals surface area contributed by atoms with Gasteiger partial charge in [-0.3, -0.25) is 0 Å². The van der Waals surface area contributed by atoms with E-state index in [-0.39, 0.29) is 11.5 Å². The number of rotatable bonds is 2. The zero-order valence-electron chi connectivity index (χ0n) is 8.22. The summed E-state index contributed by atoms with van der Waals surface area (Å²) in [5.41, 5.74) is 1.45. The number of carboxylic acid groups (broad SMARTS) is 1. The summed E-state index contributed by atoms with van der Waals surface area (Å²) >= 11 is 5.91. The summed E-state index contributed by atoms with van der Waals surface area (Å²) in [4.78, 5) is 15.1. The molecule has 2 aromatic rings. The Labute approximate surface area is 95.7 Å². The fraction of sp³-hybridized carbons (Fsp3) is 0.300. The molecule has 2 heterocycles. The Bertz CT molecular complexity index is 589. The van der Waals surface area contributed by atoms with Gasteiger partial charge in [0.15, 0.2) is 5.65 Å². The molecule has 0 aliphatic heterocycles. The molecule has 1 N–H and O–H groups in total. The Morgan fingerprint density at radius 3 is 2.88 bits per heavy atom. The molecule has 1 saturated carbocycles. The van der Waals surface area contributed by atoms with Crippen LogP contribution in [0.2, 0.25) is 5.02 Å². The molecule has 1 fully saturated rings. The van der Waals surface area contributed by atoms with Gasteiger partial charge >= 0.3 is 5.97 Å². The van der Waals surface area contributed by atoms with Crippen molar-refractivity contribution in [3.05, 3.63) is 28.7 Å². The largest absolute Gasteiger partial charge is 0.478 e. The molecule has 0 radical (unpaired) electrons. The standard InChI is InChI=1S/C10H8ClN3O2/c11-7-4-13-14-8(5-1-2-5)6(10(15)16)3-12-9(7)14/h3-5H,1-2H2,(H,15,16). The first-order valence-corrected chi connectivity index (χ1v) is 5.31. The smallest absolute Gasteiger partial charge is 0.339 e. The first kappa shape index (κ1) is 9.59. The Balaban J connectivity index is 2.35. The van der Waals surface area contributed by atoms with Crippen LogP contribution in [0, 0.1) is 0 Å². The third-order valence-electron chi connectivity index (χ3n) is 2.72. The van der Waals surface area contributed by atoms with E-state index in [0.29, 0.717) is 16.4 Å². The SMILES string of the molecule is O=C(O)c1cnc2c(Cl)cnn2c1C1CC1. The van der Waals surface area contributed by atoms with Crippen LogP contribution in [0.1, 0.15) is 34.8 Å². The van der Waals surface area contributed by atoms with E-state index in [0.717, 1.165) is 12.8 Å². The predicted molar refractivity (Wildman–Crippen MR) is 56.9 cm³/mol. The van der Waals surface area contributed by atoms with E-state index in [2.05, 4.69) is 10.1 Å². The molecular weight excluding hydrogens is 230 g/mol. The van der Waals surface area contributed by atoms with Gasteiger partial charge in [-0.25, -0.2) is 14.3 Å². The molecule has 3 rings (SSSR count). The van der Waals surface area contributed by atoms with E-state index in [1.54, 1.807) is 4.52 Å². The minimum atomic E-state index is -0.970. The second kappa shape index (κ2) is 3.18. The van der Waals surface area contributed by atoms with E-state index >= 15 is 0 Å². The fourth-order valence-electron chi connectivity index (χ4n) is 1.83. The maximum absolute atomic E-state index is 11.1. The minimum absolute atomic E-state index is 0.217. The van der Waals surface area contributed by atoms with Crippen molar-refractivity contribution in [2.45, 2.75) is 18.8 Å². The van der Waals surface area contributed by atoms with E-state index < -0.39 is 5.97 Å². The molecule has 0 bridgehead atoms. The maximum Gasteiger partial charge on any atom is 0.339 e. The van der Waals surface area contributed by atoms with Gasteiger partial charge < -0.3 is 5.11 Å². The average molecular weight is 238 g/mol. The fourth-order valence-corrected chi connectivity index (χ4v) is 2.01. The number of hydrogen-bond donors (Lipinski definition) is 1. The third-order valence-corrected chi connectivity index (χ3v) is 2.98. The number of hydrogen-bond acceptors (Lipinski definition) is 3. The molecule has 2 aromatic heterocycles. The van der Waals surface area contributed by atoms with Crippen LogP contribution in [0.25, 0.3) is 5.65 Å². The van der Waals surface area contributed by atoms with Crippen LogP contribution < -0.4 is 0 Å². The van der Waals surface area contributed by atoms with E-state index in [9.17, 15) is 4.79 Å². The van der Waals surface area contributed by atoms with Gasteiger partial charge in [0, 0.05) is 12.1 Å². The molecule has 0 spiro atoms. The number of nitrogens with zero attached hydrogens (tertiary/aromatic N) is 3. The summed E-state index contributed by atoms with van der Waals surface area (Å²) in [7, 11) is 0. The number of carboxylic acids is 1. The van der Waals surface area contributed by atoms with E-state index in [4.69, 9.17) is 16.7 Å². The lowest BCUT2D eigenvalue weighted by Gasteiger charge is -2.06. The van der Waals surface area contributed by atoms with Crippen molar-refractivity contribution < 1.29 is 9.90 Å². The van der Waals surface area contributed by atoms with E-state index in [1.165, 1.54) is 12.4 Å². The Hall–Kier alpha value is -1.62. The quantitative estimate of drug-likeness (QED) is 0.867. The summed E-state index contributed by atoms with van der Waals surface area (Å²) in [6.07, 6.45) is 4.84. The molecule has 0 atom stereocenters. The van der Waals surface area contributed by atoms with Gasteiger partial charge in [0.05, 0.1) is 17.5 Å². The molecule has 1 aliphatic carbocycles. The third kappa shape index (κ3) is 1.28. The van der Waals surface area contributed by atoms with Crippen molar-refractivity contribution in [3.8, 4) is 0 Å². The van der Waals surface area contributed by atoms with Crippen molar-refractivity contribution in [2.24, 2.45) is 0 Å². The Morgan fingerprint density at radius 2 is 2.25 bits per heavy atom. The van der Waals surface area contributed by atoms with Crippen LogP contribution in [0.5, 0.6) is 0 Å². The van der Waals surface area contributed by atoms with Crippen molar-refractivity contribution in [2.75, 3.05) is 0 Å². The van der Waals surface area contributed by atoms with Crippen LogP contribution in [-0.4, -0.2) is 25.7 Å². The minimum Gasteiger partial charge on any atom is -0.478 e. The Morgan fingerprint density at radius 1 is 1.50 bits per heavy atom. The maximum atomic E-state index is 11.1. The van der Waals surface area contributed by atoms with Gasteiger partial charge in [-0.15, -0.1) is 0 Å². The van der Waals surface area contributed by atoms with Gasteiger partial charge in [0.25, 0.3) is 0 Å². The summed E-state index contributed by atoms with van der Waals surface area (Å²) in [5, 5.41) is 13.6. The summed E-state index contributed by atoms with van der Waals surface area (Å²) < 4.78 is 1.55. The van der Waals surface area contributed by atoms with Gasteiger partial charge in [0.1, 0.15) is 5.02 Å². The average Bonchev–Trinajstić information content (AvgIpc) is 3.02. The number of halogens is 1. The van der Waals surface area contributed by atoms with Gasteiger partial charge in [-0.1, -0.05) is 11.6 Å². The Kier molecular flexibility index (Phi) is 1.91. The summed E-state index contributed by atoms with van der Waals surface area (Å²) in [5.74, 6) is -0.699. The van der Waals surface area contributed by atoms with Crippen LogP contribution in [0.4, 0.5) is 0 Å². The van der Waals surface area contributed by atoms with Crippen molar-refractivity contribution in [1.29, 1.82) is 0 Å². The zero-order valence-corrected chi connectivity index (χ0v) is 8.98. The summed E-state index contributed by atoms with van der Waals surface area (Å²) in [6, 6.07) is 0. The van der Waals surface area contributed by atoms with Gasteiger partial charge in [-0.2, -0.15) is 5.10 Å². The zero-order chi connectivity index (χ0) is 11.3. The lowest BCUT2D eigenvalue weighted by molar-refractivity contribution is 0.0694. The second-order valence-electron chi connectivity index (χ2n) is 3.86. The van der Waals surface area contributed by atoms with Crippen LogP contribution in [0.3, 0.4) is 0 Å². The molecule has 82 valence electrons. The molecule has 1 aliphatic rings. The predicted octanol–water partition coefficient (Wildman–Crippen LogP) is 1.96. The van der Waals surface area contributed by atoms with Crippen LogP contribution in [0.15, 0.2) is 12.4 Å². The lowest BCUT2D eigenvalue weighted by atomic mass is 10.1. The van der Waals surface area contributed by atoms with Gasteiger partial charge in [-0.05, 0) is 12.8 Å². The highest BCUT2D eigenvalue weighted by atomic mass is 35.5. The second-order valence-corrected chi connectivity index (χ2v) is 4.27. The topological polar surface area (TPSA) is 67.5 Å². The highest BCUT2D eigenvalue weighted by molar-refractivity contribution is 6.33. The first-order valence-electron chi connectivity index (χ1n) is 4.94.